The van der Waals surface area contributed by atoms with Crippen LogP contribution in [-0.2, 0) is 14.3 Å². The molecule has 2 aliphatic heterocycles. The Morgan fingerprint density at radius 3 is 3.12 bits per heavy atom. The first kappa shape index (κ1) is 11.4. The molecule has 16 heavy (non-hydrogen) atoms. The molecule has 0 aromatic carbocycles. The standard InChI is InChI=1S/C11H18N2O3/c14-10-8-13(5-2-4-12-10)11(15)7-9-3-1-6-16-9/h9H,1-8H2,(H,12,14). The molecule has 0 saturated carbocycles. The first-order valence-electron chi connectivity index (χ1n) is 5.92. The minimum atomic E-state index is -0.0572. The molecule has 0 bridgehead atoms. The molecule has 1 atom stereocenters. The van der Waals surface area contributed by atoms with Crippen molar-refractivity contribution in [3.05, 3.63) is 0 Å². The van der Waals surface area contributed by atoms with Crippen molar-refractivity contribution >= 4 is 11.8 Å². The predicted molar refractivity (Wildman–Crippen MR) is 57.8 cm³/mol. The van der Waals surface area contributed by atoms with Gasteiger partial charge in [0, 0.05) is 19.7 Å². The van der Waals surface area contributed by atoms with Crippen LogP contribution < -0.4 is 5.32 Å². The highest BCUT2D eigenvalue weighted by molar-refractivity contribution is 5.85. The molecule has 2 amide bonds. The van der Waals surface area contributed by atoms with E-state index in [1.807, 2.05) is 0 Å². The van der Waals surface area contributed by atoms with Gasteiger partial charge in [-0.1, -0.05) is 0 Å². The predicted octanol–water partition coefficient (Wildman–Crippen LogP) is -0.0960. The molecular formula is C11H18N2O3. The summed E-state index contributed by atoms with van der Waals surface area (Å²) in [7, 11) is 0. The number of hydrogen-bond donors (Lipinski definition) is 1. The Morgan fingerprint density at radius 1 is 1.50 bits per heavy atom. The first-order valence-corrected chi connectivity index (χ1v) is 5.92. The van der Waals surface area contributed by atoms with Gasteiger partial charge in [-0.3, -0.25) is 9.59 Å². The highest BCUT2D eigenvalue weighted by atomic mass is 16.5. The third-order valence-electron chi connectivity index (χ3n) is 3.04. The van der Waals surface area contributed by atoms with Gasteiger partial charge in [0.15, 0.2) is 0 Å². The van der Waals surface area contributed by atoms with Crippen LogP contribution >= 0.6 is 0 Å². The Bertz CT molecular complexity index is 274. The molecular weight excluding hydrogens is 208 g/mol. The molecule has 0 aromatic heterocycles. The number of rotatable bonds is 2. The Labute approximate surface area is 95.1 Å². The van der Waals surface area contributed by atoms with Crippen LogP contribution in [0.15, 0.2) is 0 Å². The molecule has 2 aliphatic rings. The van der Waals surface area contributed by atoms with Crippen LogP contribution in [-0.4, -0.2) is 49.1 Å². The lowest BCUT2D eigenvalue weighted by atomic mass is 10.1. The molecule has 0 radical (unpaired) electrons. The summed E-state index contributed by atoms with van der Waals surface area (Å²) in [5.74, 6) is -0.0119. The van der Waals surface area contributed by atoms with E-state index < -0.39 is 0 Å². The second-order valence-electron chi connectivity index (χ2n) is 4.36. The van der Waals surface area contributed by atoms with Crippen molar-refractivity contribution < 1.29 is 14.3 Å². The summed E-state index contributed by atoms with van der Waals surface area (Å²) in [6.07, 6.45) is 3.33. The molecule has 0 spiro atoms. The summed E-state index contributed by atoms with van der Waals surface area (Å²) >= 11 is 0. The van der Waals surface area contributed by atoms with Crippen LogP contribution in [0.25, 0.3) is 0 Å². The fourth-order valence-corrected chi connectivity index (χ4v) is 2.15. The molecule has 1 N–H and O–H groups in total. The molecule has 2 heterocycles. The number of amides is 2. The van der Waals surface area contributed by atoms with Crippen molar-refractivity contribution in [3.63, 3.8) is 0 Å². The van der Waals surface area contributed by atoms with E-state index in [1.165, 1.54) is 0 Å². The number of carbonyl (C=O) groups is 2. The van der Waals surface area contributed by atoms with Gasteiger partial charge < -0.3 is 15.0 Å². The molecule has 5 heteroatoms. The van der Waals surface area contributed by atoms with E-state index >= 15 is 0 Å². The summed E-state index contributed by atoms with van der Waals surface area (Å²) < 4.78 is 5.42. The van der Waals surface area contributed by atoms with Crippen LogP contribution in [0.5, 0.6) is 0 Å². The van der Waals surface area contributed by atoms with Crippen molar-refractivity contribution in [2.45, 2.75) is 31.8 Å². The largest absolute Gasteiger partial charge is 0.378 e. The van der Waals surface area contributed by atoms with Gasteiger partial charge in [-0.2, -0.15) is 0 Å². The van der Waals surface area contributed by atoms with Gasteiger partial charge >= 0.3 is 0 Å². The van der Waals surface area contributed by atoms with Crippen LogP contribution in [0.4, 0.5) is 0 Å². The normalized spacial score (nSPS) is 26.4. The van der Waals surface area contributed by atoms with E-state index in [9.17, 15) is 9.59 Å². The molecule has 1 unspecified atom stereocenters. The van der Waals surface area contributed by atoms with Crippen molar-refractivity contribution in [2.75, 3.05) is 26.2 Å². The third kappa shape index (κ3) is 2.95. The van der Waals surface area contributed by atoms with E-state index in [4.69, 9.17) is 4.74 Å². The lowest BCUT2D eigenvalue weighted by molar-refractivity contribution is -0.137. The van der Waals surface area contributed by atoms with E-state index in [-0.39, 0.29) is 24.5 Å². The third-order valence-corrected chi connectivity index (χ3v) is 3.04. The van der Waals surface area contributed by atoms with Crippen molar-refractivity contribution in [2.24, 2.45) is 0 Å². The minimum Gasteiger partial charge on any atom is -0.378 e. The summed E-state index contributed by atoms with van der Waals surface area (Å²) in [5, 5.41) is 2.76. The van der Waals surface area contributed by atoms with Gasteiger partial charge in [-0.05, 0) is 19.3 Å². The Kier molecular flexibility index (Phi) is 3.77. The maximum absolute atomic E-state index is 11.9. The molecule has 90 valence electrons. The quantitative estimate of drug-likeness (QED) is 0.715. The minimum absolute atomic E-state index is 0.0453. The molecule has 0 aromatic rings. The summed E-state index contributed by atoms with van der Waals surface area (Å²) in [6.45, 7) is 2.30. The van der Waals surface area contributed by atoms with Crippen LogP contribution in [0.1, 0.15) is 25.7 Å². The van der Waals surface area contributed by atoms with Gasteiger partial charge in [0.25, 0.3) is 0 Å². The first-order chi connectivity index (χ1) is 7.75. The van der Waals surface area contributed by atoms with E-state index in [0.29, 0.717) is 19.5 Å². The Hall–Kier alpha value is -1.10. The number of nitrogens with zero attached hydrogens (tertiary/aromatic N) is 1. The van der Waals surface area contributed by atoms with E-state index in [1.54, 1.807) is 4.90 Å². The van der Waals surface area contributed by atoms with Gasteiger partial charge in [0.1, 0.15) is 0 Å². The number of carbonyl (C=O) groups excluding carboxylic acids is 2. The van der Waals surface area contributed by atoms with Crippen molar-refractivity contribution in [1.29, 1.82) is 0 Å². The van der Waals surface area contributed by atoms with Crippen molar-refractivity contribution in [3.8, 4) is 0 Å². The number of nitrogens with one attached hydrogen (secondary N) is 1. The monoisotopic (exact) mass is 226 g/mol. The maximum Gasteiger partial charge on any atom is 0.239 e. The zero-order chi connectivity index (χ0) is 11.4. The molecule has 5 nitrogen and oxygen atoms in total. The molecule has 2 rings (SSSR count). The lowest BCUT2D eigenvalue weighted by Crippen LogP contribution is -2.38. The Balaban J connectivity index is 1.84. The highest BCUT2D eigenvalue weighted by Crippen LogP contribution is 2.16. The van der Waals surface area contributed by atoms with Gasteiger partial charge in [0.05, 0.1) is 19.1 Å². The number of ether oxygens (including phenoxy) is 1. The van der Waals surface area contributed by atoms with Crippen LogP contribution in [0.2, 0.25) is 0 Å². The Morgan fingerprint density at radius 2 is 2.38 bits per heavy atom. The maximum atomic E-state index is 11.9. The topological polar surface area (TPSA) is 58.6 Å². The summed E-state index contributed by atoms with van der Waals surface area (Å²) in [5.41, 5.74) is 0. The van der Waals surface area contributed by atoms with Crippen LogP contribution in [0, 0.1) is 0 Å². The molecule has 2 saturated heterocycles. The number of hydrogen-bond acceptors (Lipinski definition) is 3. The van der Waals surface area contributed by atoms with Crippen LogP contribution in [0.3, 0.4) is 0 Å². The fourth-order valence-electron chi connectivity index (χ4n) is 2.15. The van der Waals surface area contributed by atoms with Gasteiger partial charge in [0.2, 0.25) is 11.8 Å². The molecule has 0 aliphatic carbocycles. The van der Waals surface area contributed by atoms with Crippen molar-refractivity contribution in [1.82, 2.24) is 10.2 Å². The lowest BCUT2D eigenvalue weighted by Gasteiger charge is -2.20. The summed E-state index contributed by atoms with van der Waals surface area (Å²) in [4.78, 5) is 24.9. The average Bonchev–Trinajstić information content (AvgIpc) is 2.65. The second-order valence-corrected chi connectivity index (χ2v) is 4.36. The zero-order valence-corrected chi connectivity index (χ0v) is 9.41. The zero-order valence-electron chi connectivity index (χ0n) is 9.41. The van der Waals surface area contributed by atoms with E-state index in [2.05, 4.69) is 5.32 Å². The average molecular weight is 226 g/mol. The van der Waals surface area contributed by atoms with Gasteiger partial charge in [-0.25, -0.2) is 0 Å². The fraction of sp³-hybridized carbons (Fsp3) is 0.818. The summed E-state index contributed by atoms with van der Waals surface area (Å²) in [6, 6.07) is 0. The van der Waals surface area contributed by atoms with Gasteiger partial charge in [-0.15, -0.1) is 0 Å². The smallest absolute Gasteiger partial charge is 0.239 e. The highest BCUT2D eigenvalue weighted by Gasteiger charge is 2.24. The SMILES string of the molecule is O=C1CN(C(=O)CC2CCCO2)CCCN1. The van der Waals surface area contributed by atoms with E-state index in [0.717, 1.165) is 25.9 Å². The second kappa shape index (κ2) is 5.30. The molecule has 2 fully saturated rings.